The summed E-state index contributed by atoms with van der Waals surface area (Å²) in [6.07, 6.45) is 9.11. The molecule has 0 aliphatic rings. The van der Waals surface area contributed by atoms with Crippen molar-refractivity contribution in [2.75, 3.05) is 0 Å². The molecule has 1 atom stereocenters. The number of hydrogen-bond acceptors (Lipinski definition) is 2. The van der Waals surface area contributed by atoms with Crippen LogP contribution in [0.2, 0.25) is 0 Å². The van der Waals surface area contributed by atoms with E-state index < -0.39 is 0 Å². The van der Waals surface area contributed by atoms with Crippen LogP contribution in [-0.4, -0.2) is 12.1 Å². The highest BCUT2D eigenvalue weighted by Gasteiger charge is 2.16. The average molecular weight is 250 g/mol. The van der Waals surface area contributed by atoms with Crippen molar-refractivity contribution in [2.45, 2.75) is 58.6 Å². The quantitative estimate of drug-likeness (QED) is 0.524. The van der Waals surface area contributed by atoms with Crippen molar-refractivity contribution in [2.24, 2.45) is 0 Å². The molecule has 1 rings (SSSR count). The van der Waals surface area contributed by atoms with Crippen LogP contribution >= 0.6 is 0 Å². The van der Waals surface area contributed by atoms with Crippen LogP contribution in [0.5, 0.6) is 0 Å². The summed E-state index contributed by atoms with van der Waals surface area (Å²) in [6.45, 7) is 4.58. The minimum absolute atomic E-state index is 0.0896. The Bertz CT molecular complexity index is 338. The average Bonchev–Trinajstić information content (AvgIpc) is 2.37. The Morgan fingerprint density at radius 1 is 1.11 bits per heavy atom. The van der Waals surface area contributed by atoms with E-state index in [-0.39, 0.29) is 12.1 Å². The van der Waals surface area contributed by atoms with E-state index in [0.29, 0.717) is 6.54 Å². The molecule has 1 unspecified atom stereocenters. The summed E-state index contributed by atoms with van der Waals surface area (Å²) in [5.41, 5.74) is 0. The second-order valence-corrected chi connectivity index (χ2v) is 4.59. The molecular weight excluding hydrogens is 226 g/mol. The van der Waals surface area contributed by atoms with Gasteiger partial charge >= 0.3 is 5.97 Å². The highest BCUT2D eigenvalue weighted by molar-refractivity contribution is 5.67. The van der Waals surface area contributed by atoms with Crippen LogP contribution in [0.15, 0.2) is 30.6 Å². The predicted octanol–water partition coefficient (Wildman–Crippen LogP) is 2.88. The zero-order valence-corrected chi connectivity index (χ0v) is 11.5. The van der Waals surface area contributed by atoms with E-state index in [1.807, 2.05) is 35.2 Å². The van der Waals surface area contributed by atoms with Crippen molar-refractivity contribution in [3.05, 3.63) is 30.6 Å². The Hall–Kier alpha value is -1.38. The summed E-state index contributed by atoms with van der Waals surface area (Å²) in [6, 6.07) is 5.75. The number of esters is 1. The molecule has 0 saturated carbocycles. The van der Waals surface area contributed by atoms with E-state index >= 15 is 0 Å². The number of carbonyl (C=O) groups is 1. The van der Waals surface area contributed by atoms with Gasteiger partial charge in [0.05, 0.1) is 0 Å². The Labute approximate surface area is 110 Å². The van der Waals surface area contributed by atoms with E-state index in [1.165, 1.54) is 0 Å². The molecule has 1 aromatic heterocycles. The van der Waals surface area contributed by atoms with Crippen LogP contribution in [0.4, 0.5) is 0 Å². The Kier molecular flexibility index (Phi) is 7.07. The summed E-state index contributed by atoms with van der Waals surface area (Å²) >= 11 is 0. The lowest BCUT2D eigenvalue weighted by Crippen LogP contribution is -2.38. The normalized spacial score (nSPS) is 12.1. The van der Waals surface area contributed by atoms with Crippen molar-refractivity contribution in [3.8, 4) is 0 Å². The van der Waals surface area contributed by atoms with Gasteiger partial charge in [0.25, 0.3) is 0 Å². The van der Waals surface area contributed by atoms with Gasteiger partial charge in [0.15, 0.2) is 12.4 Å². The smallest absolute Gasteiger partial charge is 0.372 e. The third kappa shape index (κ3) is 5.80. The molecule has 3 nitrogen and oxygen atoms in total. The number of ether oxygens (including phenoxy) is 1. The molecule has 0 N–H and O–H groups in total. The van der Waals surface area contributed by atoms with Gasteiger partial charge in [0.1, 0.15) is 6.10 Å². The number of carbonyl (C=O) groups excluding carboxylic acids is 1. The van der Waals surface area contributed by atoms with Crippen LogP contribution in [0, 0.1) is 0 Å². The van der Waals surface area contributed by atoms with Crippen LogP contribution in [0.3, 0.4) is 0 Å². The molecule has 1 aromatic rings. The van der Waals surface area contributed by atoms with Gasteiger partial charge in [0.2, 0.25) is 6.54 Å². The maximum absolute atomic E-state index is 11.8. The number of hydrogen-bond donors (Lipinski definition) is 0. The Balaban J connectivity index is 2.40. The minimum Gasteiger partial charge on any atom is -0.458 e. The summed E-state index contributed by atoms with van der Waals surface area (Å²) < 4.78 is 7.38. The lowest BCUT2D eigenvalue weighted by Gasteiger charge is -2.15. The first kappa shape index (κ1) is 14.7. The van der Waals surface area contributed by atoms with Gasteiger partial charge in [0, 0.05) is 12.1 Å². The molecule has 3 heteroatoms. The first-order valence-corrected chi connectivity index (χ1v) is 6.89. The minimum atomic E-state index is -0.138. The lowest BCUT2D eigenvalue weighted by atomic mass is 10.1. The molecule has 0 saturated heterocycles. The first-order chi connectivity index (χ1) is 8.76. The fourth-order valence-corrected chi connectivity index (χ4v) is 1.93. The van der Waals surface area contributed by atoms with E-state index in [1.54, 1.807) is 0 Å². The SMILES string of the molecule is CCCCC(CCC)OC(=O)C[n+]1ccccc1. The van der Waals surface area contributed by atoms with Crippen molar-refractivity contribution in [3.63, 3.8) is 0 Å². The number of nitrogens with zero attached hydrogens (tertiary/aromatic N) is 1. The molecule has 0 amide bonds. The summed E-state index contributed by atoms with van der Waals surface area (Å²) in [5.74, 6) is -0.138. The predicted molar refractivity (Wildman–Crippen MR) is 71.0 cm³/mol. The van der Waals surface area contributed by atoms with E-state index in [4.69, 9.17) is 4.74 Å². The molecule has 0 radical (unpaired) electrons. The highest BCUT2D eigenvalue weighted by atomic mass is 16.5. The molecule has 100 valence electrons. The molecular formula is C15H24NO2+. The fourth-order valence-electron chi connectivity index (χ4n) is 1.93. The van der Waals surface area contributed by atoms with Crippen LogP contribution in [0.25, 0.3) is 0 Å². The molecule has 0 bridgehead atoms. The molecule has 0 spiro atoms. The topological polar surface area (TPSA) is 30.2 Å². The highest BCUT2D eigenvalue weighted by Crippen LogP contribution is 2.11. The zero-order valence-electron chi connectivity index (χ0n) is 11.5. The standard InChI is InChI=1S/C15H24NO2/c1-3-5-10-14(9-4-2)18-15(17)13-16-11-7-6-8-12-16/h6-8,11-12,14H,3-5,9-10,13H2,1-2H3/q+1. The third-order valence-corrected chi connectivity index (χ3v) is 2.88. The van der Waals surface area contributed by atoms with Gasteiger partial charge in [-0.15, -0.1) is 0 Å². The van der Waals surface area contributed by atoms with Gasteiger partial charge in [-0.1, -0.05) is 39.2 Å². The zero-order chi connectivity index (χ0) is 13.2. The number of rotatable bonds is 8. The number of pyridine rings is 1. The summed E-state index contributed by atoms with van der Waals surface area (Å²) in [7, 11) is 0. The van der Waals surface area contributed by atoms with Crippen molar-refractivity contribution >= 4 is 5.97 Å². The Morgan fingerprint density at radius 3 is 2.44 bits per heavy atom. The molecule has 0 aliphatic heterocycles. The van der Waals surface area contributed by atoms with Crippen LogP contribution in [0.1, 0.15) is 46.0 Å². The maximum Gasteiger partial charge on any atom is 0.372 e. The fraction of sp³-hybridized carbons (Fsp3) is 0.600. The third-order valence-electron chi connectivity index (χ3n) is 2.88. The summed E-state index contributed by atoms with van der Waals surface area (Å²) in [4.78, 5) is 11.8. The molecule has 0 aliphatic carbocycles. The number of unbranched alkanes of at least 4 members (excludes halogenated alkanes) is 1. The van der Waals surface area contributed by atoms with Gasteiger partial charge in [-0.25, -0.2) is 4.79 Å². The van der Waals surface area contributed by atoms with Gasteiger partial charge < -0.3 is 4.74 Å². The monoisotopic (exact) mass is 250 g/mol. The van der Waals surface area contributed by atoms with Crippen LogP contribution < -0.4 is 4.57 Å². The van der Waals surface area contributed by atoms with Gasteiger partial charge in [-0.2, -0.15) is 4.57 Å². The van der Waals surface area contributed by atoms with Gasteiger partial charge in [-0.3, -0.25) is 0 Å². The van der Waals surface area contributed by atoms with E-state index in [2.05, 4.69) is 13.8 Å². The van der Waals surface area contributed by atoms with Crippen molar-refractivity contribution in [1.82, 2.24) is 0 Å². The van der Waals surface area contributed by atoms with Crippen molar-refractivity contribution < 1.29 is 14.1 Å². The first-order valence-electron chi connectivity index (χ1n) is 6.89. The summed E-state index contributed by atoms with van der Waals surface area (Å²) in [5, 5.41) is 0. The largest absolute Gasteiger partial charge is 0.458 e. The molecule has 0 aromatic carbocycles. The number of aromatic nitrogens is 1. The maximum atomic E-state index is 11.8. The lowest BCUT2D eigenvalue weighted by molar-refractivity contribution is -0.686. The van der Waals surface area contributed by atoms with Crippen LogP contribution in [-0.2, 0) is 16.1 Å². The van der Waals surface area contributed by atoms with Gasteiger partial charge in [-0.05, 0) is 12.8 Å². The van der Waals surface area contributed by atoms with E-state index in [9.17, 15) is 4.79 Å². The molecule has 1 heterocycles. The second-order valence-electron chi connectivity index (χ2n) is 4.59. The molecule has 18 heavy (non-hydrogen) atoms. The van der Waals surface area contributed by atoms with Crippen molar-refractivity contribution in [1.29, 1.82) is 0 Å². The Morgan fingerprint density at radius 2 is 1.83 bits per heavy atom. The molecule has 0 fully saturated rings. The second kappa shape index (κ2) is 8.67. The van der Waals surface area contributed by atoms with E-state index in [0.717, 1.165) is 32.1 Å².